The molecule has 0 bridgehead atoms. The molecule has 0 aliphatic heterocycles. The van der Waals surface area contributed by atoms with Crippen molar-refractivity contribution in [2.75, 3.05) is 17.7 Å². The third-order valence-electron chi connectivity index (χ3n) is 3.03. The number of anilines is 1. The van der Waals surface area contributed by atoms with Gasteiger partial charge in [0.15, 0.2) is 0 Å². The molecule has 2 aromatic heterocycles. The molecule has 0 aromatic carbocycles. The van der Waals surface area contributed by atoms with E-state index in [-0.39, 0.29) is 0 Å². The van der Waals surface area contributed by atoms with E-state index in [2.05, 4.69) is 34.7 Å². The first-order valence-electron chi connectivity index (χ1n) is 5.97. The summed E-state index contributed by atoms with van der Waals surface area (Å²) in [7, 11) is 0. The van der Waals surface area contributed by atoms with E-state index in [9.17, 15) is 0 Å². The fraction of sp³-hybridized carbons (Fsp3) is 0.462. The predicted octanol–water partition coefficient (Wildman–Crippen LogP) is 4.36. The van der Waals surface area contributed by atoms with Gasteiger partial charge in [-0.3, -0.25) is 0 Å². The van der Waals surface area contributed by atoms with Crippen molar-refractivity contribution in [3.8, 4) is 0 Å². The van der Waals surface area contributed by atoms with Gasteiger partial charge in [-0.1, -0.05) is 13.3 Å². The standard InChI is InChI=1S/C13H17ClN2S/c1-2-10(3-6-14)9-16-13-11-5-8-17-12(11)4-7-15-13/h4-5,7-8,10H,2-3,6,9H2,1H3,(H,15,16). The zero-order valence-corrected chi connectivity index (χ0v) is 11.5. The van der Waals surface area contributed by atoms with E-state index in [1.165, 1.54) is 10.1 Å². The number of hydrogen-bond donors (Lipinski definition) is 1. The summed E-state index contributed by atoms with van der Waals surface area (Å²) in [4.78, 5) is 4.41. The predicted molar refractivity (Wildman–Crippen MR) is 77.2 cm³/mol. The van der Waals surface area contributed by atoms with Crippen molar-refractivity contribution in [2.45, 2.75) is 19.8 Å². The van der Waals surface area contributed by atoms with Crippen LogP contribution in [0, 0.1) is 5.92 Å². The molecule has 0 aliphatic carbocycles. The Bertz CT molecular complexity index is 469. The Morgan fingerprint density at radius 2 is 2.35 bits per heavy atom. The van der Waals surface area contributed by atoms with Gasteiger partial charge in [-0.05, 0) is 29.9 Å². The highest BCUT2D eigenvalue weighted by Crippen LogP contribution is 2.26. The Morgan fingerprint density at radius 1 is 1.47 bits per heavy atom. The molecule has 2 rings (SSSR count). The molecule has 1 atom stereocenters. The Labute approximate surface area is 111 Å². The van der Waals surface area contributed by atoms with Crippen LogP contribution in [-0.4, -0.2) is 17.4 Å². The monoisotopic (exact) mass is 268 g/mol. The maximum Gasteiger partial charge on any atom is 0.134 e. The summed E-state index contributed by atoms with van der Waals surface area (Å²) in [6.45, 7) is 3.16. The van der Waals surface area contributed by atoms with E-state index in [1.54, 1.807) is 11.3 Å². The van der Waals surface area contributed by atoms with Crippen molar-refractivity contribution in [1.82, 2.24) is 4.98 Å². The minimum absolute atomic E-state index is 0.628. The van der Waals surface area contributed by atoms with Crippen LogP contribution < -0.4 is 5.32 Å². The number of halogens is 1. The minimum atomic E-state index is 0.628. The Hall–Kier alpha value is -0.800. The van der Waals surface area contributed by atoms with Gasteiger partial charge in [-0.15, -0.1) is 22.9 Å². The highest BCUT2D eigenvalue weighted by Gasteiger charge is 2.07. The second kappa shape index (κ2) is 6.22. The number of thiophene rings is 1. The van der Waals surface area contributed by atoms with E-state index in [0.29, 0.717) is 5.92 Å². The van der Waals surface area contributed by atoms with E-state index >= 15 is 0 Å². The molecule has 0 radical (unpaired) electrons. The number of aromatic nitrogens is 1. The van der Waals surface area contributed by atoms with E-state index in [0.717, 1.165) is 31.1 Å². The second-order valence-corrected chi connectivity index (χ2v) is 5.45. The summed E-state index contributed by atoms with van der Waals surface area (Å²) in [5, 5.41) is 6.77. The summed E-state index contributed by atoms with van der Waals surface area (Å²) in [5.74, 6) is 2.36. The van der Waals surface area contributed by atoms with E-state index < -0.39 is 0 Å². The molecule has 0 amide bonds. The zero-order valence-electron chi connectivity index (χ0n) is 9.95. The van der Waals surface area contributed by atoms with Crippen LogP contribution in [0.25, 0.3) is 10.1 Å². The number of nitrogens with zero attached hydrogens (tertiary/aromatic N) is 1. The summed E-state index contributed by atoms with van der Waals surface area (Å²) in [6.07, 6.45) is 4.08. The number of rotatable bonds is 6. The molecule has 0 spiro atoms. The van der Waals surface area contributed by atoms with Crippen molar-refractivity contribution < 1.29 is 0 Å². The molecular weight excluding hydrogens is 252 g/mol. The lowest BCUT2D eigenvalue weighted by Crippen LogP contribution is -2.14. The van der Waals surface area contributed by atoms with E-state index in [1.807, 2.05) is 6.20 Å². The van der Waals surface area contributed by atoms with Crippen molar-refractivity contribution in [3.63, 3.8) is 0 Å². The SMILES string of the molecule is CCC(CCCl)CNc1nccc2sccc12. The first-order valence-corrected chi connectivity index (χ1v) is 7.38. The molecule has 1 N–H and O–H groups in total. The van der Waals surface area contributed by atoms with Crippen LogP contribution in [0.3, 0.4) is 0 Å². The quantitative estimate of drug-likeness (QED) is 0.787. The molecule has 2 nitrogen and oxygen atoms in total. The molecule has 0 fully saturated rings. The lowest BCUT2D eigenvalue weighted by Gasteiger charge is -2.15. The normalized spacial score (nSPS) is 12.8. The number of hydrogen-bond acceptors (Lipinski definition) is 3. The summed E-state index contributed by atoms with van der Waals surface area (Å²) in [6, 6.07) is 4.18. The molecule has 2 heterocycles. The van der Waals surface area contributed by atoms with Gasteiger partial charge in [0.05, 0.1) is 0 Å². The number of nitrogens with one attached hydrogen (secondary N) is 1. The van der Waals surface area contributed by atoms with Crippen molar-refractivity contribution in [1.29, 1.82) is 0 Å². The molecule has 0 saturated carbocycles. The second-order valence-electron chi connectivity index (χ2n) is 4.12. The summed E-state index contributed by atoms with van der Waals surface area (Å²) < 4.78 is 1.29. The third kappa shape index (κ3) is 3.11. The van der Waals surface area contributed by atoms with Crippen LogP contribution in [0.15, 0.2) is 23.7 Å². The smallest absolute Gasteiger partial charge is 0.134 e. The van der Waals surface area contributed by atoms with Gasteiger partial charge in [0, 0.05) is 28.7 Å². The fourth-order valence-corrected chi connectivity index (χ4v) is 2.97. The van der Waals surface area contributed by atoms with E-state index in [4.69, 9.17) is 11.6 Å². The summed E-state index contributed by atoms with van der Waals surface area (Å²) >= 11 is 7.54. The average Bonchev–Trinajstić information content (AvgIpc) is 2.83. The van der Waals surface area contributed by atoms with Crippen LogP contribution in [0.1, 0.15) is 19.8 Å². The van der Waals surface area contributed by atoms with Gasteiger partial charge >= 0.3 is 0 Å². The zero-order chi connectivity index (χ0) is 12.1. The maximum atomic E-state index is 5.79. The summed E-state index contributed by atoms with van der Waals surface area (Å²) in [5.41, 5.74) is 0. The average molecular weight is 269 g/mol. The first kappa shape index (κ1) is 12.7. The van der Waals surface area contributed by atoms with Gasteiger partial charge in [0.25, 0.3) is 0 Å². The molecule has 2 aromatic rings. The fourth-order valence-electron chi connectivity index (χ4n) is 1.88. The Kier molecular flexibility index (Phi) is 4.63. The lowest BCUT2D eigenvalue weighted by atomic mass is 10.0. The van der Waals surface area contributed by atoms with Gasteiger partial charge in [0.2, 0.25) is 0 Å². The van der Waals surface area contributed by atoms with Crippen molar-refractivity contribution in [3.05, 3.63) is 23.7 Å². The van der Waals surface area contributed by atoms with Crippen LogP contribution in [0.2, 0.25) is 0 Å². The molecular formula is C13H17ClN2S. The maximum absolute atomic E-state index is 5.79. The number of fused-ring (bicyclic) bond motifs is 1. The molecule has 4 heteroatoms. The number of alkyl halides is 1. The molecule has 17 heavy (non-hydrogen) atoms. The molecule has 92 valence electrons. The van der Waals surface area contributed by atoms with Gasteiger partial charge in [-0.2, -0.15) is 0 Å². The topological polar surface area (TPSA) is 24.9 Å². The number of pyridine rings is 1. The van der Waals surface area contributed by atoms with Crippen LogP contribution in [0.4, 0.5) is 5.82 Å². The van der Waals surface area contributed by atoms with Gasteiger partial charge < -0.3 is 5.32 Å². The van der Waals surface area contributed by atoms with Crippen molar-refractivity contribution >= 4 is 38.8 Å². The Morgan fingerprint density at radius 3 is 3.12 bits per heavy atom. The third-order valence-corrected chi connectivity index (χ3v) is 4.13. The Balaban J connectivity index is 2.05. The minimum Gasteiger partial charge on any atom is -0.369 e. The van der Waals surface area contributed by atoms with Gasteiger partial charge in [0.1, 0.15) is 5.82 Å². The largest absolute Gasteiger partial charge is 0.369 e. The lowest BCUT2D eigenvalue weighted by molar-refractivity contribution is 0.521. The highest BCUT2D eigenvalue weighted by atomic mass is 35.5. The molecule has 0 saturated heterocycles. The van der Waals surface area contributed by atoms with Crippen LogP contribution in [-0.2, 0) is 0 Å². The molecule has 1 unspecified atom stereocenters. The van der Waals surface area contributed by atoms with Crippen LogP contribution >= 0.6 is 22.9 Å². The highest BCUT2D eigenvalue weighted by molar-refractivity contribution is 7.17. The van der Waals surface area contributed by atoms with Crippen LogP contribution in [0.5, 0.6) is 0 Å². The van der Waals surface area contributed by atoms with Crippen molar-refractivity contribution in [2.24, 2.45) is 5.92 Å². The van der Waals surface area contributed by atoms with Gasteiger partial charge in [-0.25, -0.2) is 4.98 Å². The molecule has 0 aliphatic rings. The first-order chi connectivity index (χ1) is 8.35.